The third-order valence-corrected chi connectivity index (χ3v) is 3.41. The van der Waals surface area contributed by atoms with Crippen LogP contribution in [0.15, 0.2) is 48.2 Å². The lowest BCUT2D eigenvalue weighted by molar-refractivity contribution is -0.119. The average Bonchev–Trinajstić information content (AvgIpc) is 2.88. The number of benzene rings is 2. The maximum atomic E-state index is 12.4. The van der Waals surface area contributed by atoms with Gasteiger partial charge in [-0.15, -0.1) is 0 Å². The minimum Gasteiger partial charge on any atom is -0.497 e. The summed E-state index contributed by atoms with van der Waals surface area (Å²) in [4.78, 5) is 23.2. The molecule has 0 atom stereocenters. The Morgan fingerprint density at radius 2 is 2.04 bits per heavy atom. The number of hydrogen-bond donors (Lipinski definition) is 1. The first-order chi connectivity index (χ1) is 11.6. The maximum absolute atomic E-state index is 12.4. The molecule has 0 fully saturated rings. The van der Waals surface area contributed by atoms with Crippen molar-refractivity contribution in [1.29, 1.82) is 0 Å². The van der Waals surface area contributed by atoms with Crippen molar-refractivity contribution in [3.05, 3.63) is 59.4 Å². The summed E-state index contributed by atoms with van der Waals surface area (Å²) in [6, 6.07) is 12.0. The normalized spacial score (nSPS) is 14.2. The quantitative estimate of drug-likeness (QED) is 0.851. The van der Waals surface area contributed by atoms with Gasteiger partial charge in [0, 0.05) is 6.07 Å². The smallest absolute Gasteiger partial charge is 0.255 e. The van der Waals surface area contributed by atoms with Crippen molar-refractivity contribution in [3.8, 4) is 17.2 Å². The number of primary amides is 1. The molecule has 0 radical (unpaired) electrons. The summed E-state index contributed by atoms with van der Waals surface area (Å²) in [6.45, 7) is -0.237. The topological polar surface area (TPSA) is 87.8 Å². The highest BCUT2D eigenvalue weighted by Crippen LogP contribution is 2.35. The molecular weight excluding hydrogens is 310 g/mol. The van der Waals surface area contributed by atoms with E-state index in [0.29, 0.717) is 22.8 Å². The fourth-order valence-electron chi connectivity index (χ4n) is 2.29. The molecule has 2 aromatic rings. The van der Waals surface area contributed by atoms with Gasteiger partial charge in [-0.1, -0.05) is 12.1 Å². The van der Waals surface area contributed by atoms with Gasteiger partial charge >= 0.3 is 0 Å². The summed E-state index contributed by atoms with van der Waals surface area (Å²) in [5.41, 5.74) is 6.27. The second kappa shape index (κ2) is 6.45. The van der Waals surface area contributed by atoms with Gasteiger partial charge in [-0.2, -0.15) is 0 Å². The Labute approximate surface area is 138 Å². The largest absolute Gasteiger partial charge is 0.497 e. The molecule has 3 rings (SSSR count). The number of fused-ring (bicyclic) bond motifs is 1. The van der Waals surface area contributed by atoms with Gasteiger partial charge in [-0.3, -0.25) is 9.59 Å². The van der Waals surface area contributed by atoms with Crippen LogP contribution in [-0.2, 0) is 4.79 Å². The summed E-state index contributed by atoms with van der Waals surface area (Å²) in [6.07, 6.45) is 1.65. The first-order valence-corrected chi connectivity index (χ1v) is 7.20. The van der Waals surface area contributed by atoms with Crippen LogP contribution in [0.3, 0.4) is 0 Å². The Hall–Kier alpha value is -3.28. The summed E-state index contributed by atoms with van der Waals surface area (Å²) < 4.78 is 16.0. The van der Waals surface area contributed by atoms with Gasteiger partial charge in [0.15, 0.2) is 12.4 Å². The Morgan fingerprint density at radius 1 is 1.21 bits per heavy atom. The Kier molecular flexibility index (Phi) is 4.20. The van der Waals surface area contributed by atoms with E-state index >= 15 is 0 Å². The second-order valence-electron chi connectivity index (χ2n) is 5.13. The predicted octanol–water partition coefficient (Wildman–Crippen LogP) is 2.18. The third-order valence-electron chi connectivity index (χ3n) is 3.41. The average molecular weight is 325 g/mol. The van der Waals surface area contributed by atoms with Gasteiger partial charge in [0.2, 0.25) is 5.78 Å². The summed E-state index contributed by atoms with van der Waals surface area (Å²) in [7, 11) is 1.58. The van der Waals surface area contributed by atoms with Crippen LogP contribution < -0.4 is 19.9 Å². The number of hydrogen-bond acceptors (Lipinski definition) is 5. The number of amides is 1. The molecule has 0 saturated carbocycles. The number of nitrogens with two attached hydrogens (primary N) is 1. The van der Waals surface area contributed by atoms with Gasteiger partial charge in [0.05, 0.1) is 12.7 Å². The molecule has 1 aliphatic rings. The van der Waals surface area contributed by atoms with Crippen molar-refractivity contribution in [1.82, 2.24) is 0 Å². The first-order valence-electron chi connectivity index (χ1n) is 7.20. The molecule has 0 spiro atoms. The molecule has 122 valence electrons. The van der Waals surface area contributed by atoms with E-state index in [-0.39, 0.29) is 18.1 Å². The molecular formula is C18H15NO5. The van der Waals surface area contributed by atoms with Gasteiger partial charge < -0.3 is 19.9 Å². The zero-order valence-corrected chi connectivity index (χ0v) is 12.9. The molecule has 0 unspecified atom stereocenters. The number of Topliss-reactive ketones (excluding diaryl/α,β-unsaturated/α-hetero) is 1. The lowest BCUT2D eigenvalue weighted by Crippen LogP contribution is -2.19. The number of ketones is 1. The molecule has 24 heavy (non-hydrogen) atoms. The molecule has 1 amide bonds. The SMILES string of the molecule is COc1cccc(/C=C2\Oc3cc(OCC(N)=O)ccc3C2=O)c1. The second-order valence-corrected chi connectivity index (χ2v) is 5.13. The standard InChI is InChI=1S/C18H15NO5/c1-22-12-4-2-3-11(7-12)8-16-18(21)14-6-5-13(9-15(14)24-16)23-10-17(19)20/h2-9H,10H2,1H3,(H2,19,20)/b16-8-. The van der Waals surface area contributed by atoms with Crippen molar-refractivity contribution in [3.63, 3.8) is 0 Å². The monoisotopic (exact) mass is 325 g/mol. The van der Waals surface area contributed by atoms with Crippen LogP contribution in [0.25, 0.3) is 6.08 Å². The Morgan fingerprint density at radius 3 is 2.79 bits per heavy atom. The molecule has 2 aromatic carbocycles. The number of carbonyl (C=O) groups is 2. The van der Waals surface area contributed by atoms with E-state index in [9.17, 15) is 9.59 Å². The molecule has 0 saturated heterocycles. The molecule has 0 aromatic heterocycles. The minimum atomic E-state index is -0.578. The van der Waals surface area contributed by atoms with Gasteiger partial charge in [-0.25, -0.2) is 0 Å². The first kappa shape index (κ1) is 15.6. The van der Waals surface area contributed by atoms with Crippen molar-refractivity contribution in [2.24, 2.45) is 5.73 Å². The Bertz CT molecular complexity index is 841. The third kappa shape index (κ3) is 3.22. The van der Waals surface area contributed by atoms with Crippen LogP contribution in [-0.4, -0.2) is 25.4 Å². The highest BCUT2D eigenvalue weighted by molar-refractivity contribution is 6.14. The number of allylic oxidation sites excluding steroid dienone is 1. The predicted molar refractivity (Wildman–Crippen MR) is 87.1 cm³/mol. The van der Waals surface area contributed by atoms with Crippen LogP contribution >= 0.6 is 0 Å². The van der Waals surface area contributed by atoms with Gasteiger partial charge in [0.1, 0.15) is 17.2 Å². The van der Waals surface area contributed by atoms with Crippen molar-refractivity contribution >= 4 is 17.8 Å². The number of methoxy groups -OCH3 is 1. The number of rotatable bonds is 5. The van der Waals surface area contributed by atoms with Crippen LogP contribution in [0.4, 0.5) is 0 Å². The summed E-state index contributed by atoms with van der Waals surface area (Å²) >= 11 is 0. The Balaban J connectivity index is 1.84. The van der Waals surface area contributed by atoms with E-state index < -0.39 is 5.91 Å². The summed E-state index contributed by atoms with van der Waals surface area (Å²) in [5, 5.41) is 0. The highest BCUT2D eigenvalue weighted by Gasteiger charge is 2.27. The molecule has 0 bridgehead atoms. The summed E-state index contributed by atoms with van der Waals surface area (Å²) in [5.74, 6) is 0.902. The fourth-order valence-corrected chi connectivity index (χ4v) is 2.29. The van der Waals surface area contributed by atoms with Crippen molar-refractivity contribution < 1.29 is 23.8 Å². The number of ether oxygens (including phenoxy) is 3. The zero-order chi connectivity index (χ0) is 17.1. The van der Waals surface area contributed by atoms with E-state index in [1.165, 1.54) is 0 Å². The van der Waals surface area contributed by atoms with Crippen LogP contribution in [0.2, 0.25) is 0 Å². The zero-order valence-electron chi connectivity index (χ0n) is 12.9. The lowest BCUT2D eigenvalue weighted by atomic mass is 10.1. The van der Waals surface area contributed by atoms with Crippen molar-refractivity contribution in [2.75, 3.05) is 13.7 Å². The van der Waals surface area contributed by atoms with Crippen molar-refractivity contribution in [2.45, 2.75) is 0 Å². The van der Waals surface area contributed by atoms with Crippen LogP contribution in [0.1, 0.15) is 15.9 Å². The molecule has 6 heteroatoms. The maximum Gasteiger partial charge on any atom is 0.255 e. The van der Waals surface area contributed by atoms with E-state index in [1.807, 2.05) is 18.2 Å². The van der Waals surface area contributed by atoms with E-state index in [4.69, 9.17) is 19.9 Å². The highest BCUT2D eigenvalue weighted by atomic mass is 16.5. The molecule has 0 aliphatic carbocycles. The van der Waals surface area contributed by atoms with Crippen LogP contribution in [0, 0.1) is 0 Å². The molecule has 1 heterocycles. The fraction of sp³-hybridized carbons (Fsp3) is 0.111. The lowest BCUT2D eigenvalue weighted by Gasteiger charge is -2.04. The molecule has 2 N–H and O–H groups in total. The van der Waals surface area contributed by atoms with E-state index in [2.05, 4.69) is 0 Å². The molecule has 1 aliphatic heterocycles. The van der Waals surface area contributed by atoms with E-state index in [1.54, 1.807) is 37.5 Å². The minimum absolute atomic E-state index is 0.213. The van der Waals surface area contributed by atoms with Gasteiger partial charge in [0.25, 0.3) is 5.91 Å². The van der Waals surface area contributed by atoms with Crippen LogP contribution in [0.5, 0.6) is 17.2 Å². The number of carbonyl (C=O) groups excluding carboxylic acids is 2. The molecule has 6 nitrogen and oxygen atoms in total. The van der Waals surface area contributed by atoms with E-state index in [0.717, 1.165) is 5.56 Å². The van der Waals surface area contributed by atoms with Gasteiger partial charge in [-0.05, 0) is 35.9 Å².